The van der Waals surface area contributed by atoms with E-state index in [4.69, 9.17) is 10.5 Å². The standard InChI is InChI=1S/C17H26N2O3/c1-4-5-6-11-22-14-9-7-13(8-10-14)17(21)19-15(12(2)3)16(18)20/h7-10,12,15H,4-6,11H2,1-3H3,(H2,18,20)(H,19,21). The number of benzene rings is 1. The smallest absolute Gasteiger partial charge is 0.251 e. The van der Waals surface area contributed by atoms with Gasteiger partial charge in [-0.1, -0.05) is 33.6 Å². The van der Waals surface area contributed by atoms with Gasteiger partial charge >= 0.3 is 0 Å². The van der Waals surface area contributed by atoms with E-state index in [1.165, 1.54) is 0 Å². The van der Waals surface area contributed by atoms with Crippen LogP contribution in [0.2, 0.25) is 0 Å². The molecule has 0 spiro atoms. The third-order valence-electron chi connectivity index (χ3n) is 3.39. The summed E-state index contributed by atoms with van der Waals surface area (Å²) in [5, 5.41) is 2.66. The molecular weight excluding hydrogens is 280 g/mol. The highest BCUT2D eigenvalue weighted by Crippen LogP contribution is 2.13. The van der Waals surface area contributed by atoms with Crippen LogP contribution < -0.4 is 15.8 Å². The summed E-state index contributed by atoms with van der Waals surface area (Å²) >= 11 is 0. The summed E-state index contributed by atoms with van der Waals surface area (Å²) in [4.78, 5) is 23.4. The minimum absolute atomic E-state index is 0.0531. The van der Waals surface area contributed by atoms with Crippen LogP contribution in [0.25, 0.3) is 0 Å². The number of carbonyl (C=O) groups excluding carboxylic acids is 2. The topological polar surface area (TPSA) is 81.4 Å². The molecule has 0 fully saturated rings. The number of amides is 2. The van der Waals surface area contributed by atoms with Crippen LogP contribution >= 0.6 is 0 Å². The van der Waals surface area contributed by atoms with Crippen molar-refractivity contribution in [1.82, 2.24) is 5.32 Å². The minimum atomic E-state index is -0.669. The van der Waals surface area contributed by atoms with Crippen LogP contribution in [0.1, 0.15) is 50.4 Å². The molecule has 22 heavy (non-hydrogen) atoms. The Bertz CT molecular complexity index is 483. The predicted molar refractivity (Wildman–Crippen MR) is 86.7 cm³/mol. The molecule has 1 rings (SSSR count). The second-order valence-electron chi connectivity index (χ2n) is 5.68. The van der Waals surface area contributed by atoms with Gasteiger partial charge < -0.3 is 15.8 Å². The van der Waals surface area contributed by atoms with Crippen LogP contribution in [0.4, 0.5) is 0 Å². The molecule has 3 N–H and O–H groups in total. The molecule has 1 aromatic carbocycles. The van der Waals surface area contributed by atoms with Gasteiger partial charge in [0.05, 0.1) is 6.61 Å². The number of rotatable bonds is 9. The zero-order valence-corrected chi connectivity index (χ0v) is 13.6. The lowest BCUT2D eigenvalue weighted by Crippen LogP contribution is -2.47. The van der Waals surface area contributed by atoms with E-state index in [1.807, 2.05) is 13.8 Å². The average molecular weight is 306 g/mol. The molecule has 0 aliphatic heterocycles. The maximum Gasteiger partial charge on any atom is 0.251 e. The largest absolute Gasteiger partial charge is 0.494 e. The highest BCUT2D eigenvalue weighted by molar-refractivity contribution is 5.97. The van der Waals surface area contributed by atoms with Gasteiger partial charge in [0.15, 0.2) is 0 Å². The molecule has 0 aliphatic rings. The van der Waals surface area contributed by atoms with Gasteiger partial charge in [-0.15, -0.1) is 0 Å². The molecular formula is C17H26N2O3. The third-order valence-corrected chi connectivity index (χ3v) is 3.39. The van der Waals surface area contributed by atoms with Crippen molar-refractivity contribution >= 4 is 11.8 Å². The summed E-state index contributed by atoms with van der Waals surface area (Å²) in [5.74, 6) is -0.153. The fourth-order valence-electron chi connectivity index (χ4n) is 2.04. The van der Waals surface area contributed by atoms with E-state index < -0.39 is 11.9 Å². The summed E-state index contributed by atoms with van der Waals surface area (Å²) in [7, 11) is 0. The molecule has 0 radical (unpaired) electrons. The first-order valence-corrected chi connectivity index (χ1v) is 7.78. The minimum Gasteiger partial charge on any atom is -0.494 e. The van der Waals surface area contributed by atoms with E-state index in [1.54, 1.807) is 24.3 Å². The molecule has 0 aliphatic carbocycles. The molecule has 0 bridgehead atoms. The van der Waals surface area contributed by atoms with E-state index in [0.717, 1.165) is 25.0 Å². The van der Waals surface area contributed by atoms with Crippen molar-refractivity contribution in [2.75, 3.05) is 6.61 Å². The van der Waals surface area contributed by atoms with Crippen LogP contribution in [-0.4, -0.2) is 24.5 Å². The second-order valence-corrected chi connectivity index (χ2v) is 5.68. The first-order valence-electron chi connectivity index (χ1n) is 7.78. The Hall–Kier alpha value is -2.04. The van der Waals surface area contributed by atoms with Crippen LogP contribution in [-0.2, 0) is 4.79 Å². The molecule has 122 valence electrons. The number of ether oxygens (including phenoxy) is 1. The highest BCUT2D eigenvalue weighted by atomic mass is 16.5. The summed E-state index contributed by atoms with van der Waals surface area (Å²) in [6, 6.07) is 6.22. The van der Waals surface area contributed by atoms with Gasteiger partial charge in [-0.25, -0.2) is 0 Å². The van der Waals surface area contributed by atoms with Crippen LogP contribution in [0.3, 0.4) is 0 Å². The lowest BCUT2D eigenvalue weighted by molar-refractivity contribution is -0.120. The number of carbonyl (C=O) groups is 2. The SMILES string of the molecule is CCCCCOc1ccc(C(=O)NC(C(N)=O)C(C)C)cc1. The monoisotopic (exact) mass is 306 g/mol. The fraction of sp³-hybridized carbons (Fsp3) is 0.529. The van der Waals surface area contributed by atoms with Gasteiger partial charge in [-0.3, -0.25) is 9.59 Å². The van der Waals surface area contributed by atoms with E-state index in [2.05, 4.69) is 12.2 Å². The molecule has 0 aromatic heterocycles. The van der Waals surface area contributed by atoms with E-state index in [9.17, 15) is 9.59 Å². The van der Waals surface area contributed by atoms with Crippen molar-refractivity contribution in [3.05, 3.63) is 29.8 Å². The maximum atomic E-state index is 12.1. The number of nitrogens with one attached hydrogen (secondary N) is 1. The van der Waals surface area contributed by atoms with Crippen molar-refractivity contribution in [1.29, 1.82) is 0 Å². The number of unbranched alkanes of at least 4 members (excludes halogenated alkanes) is 2. The Balaban J connectivity index is 2.58. The van der Waals surface area contributed by atoms with Crippen LogP contribution in [0, 0.1) is 5.92 Å². The number of primary amides is 1. The van der Waals surface area contributed by atoms with Gasteiger partial charge in [0, 0.05) is 5.56 Å². The Morgan fingerprint density at radius 3 is 2.32 bits per heavy atom. The molecule has 1 atom stereocenters. The van der Waals surface area contributed by atoms with Crippen molar-refractivity contribution < 1.29 is 14.3 Å². The summed E-state index contributed by atoms with van der Waals surface area (Å²) in [6.07, 6.45) is 3.32. The molecule has 0 saturated heterocycles. The third kappa shape index (κ3) is 5.76. The van der Waals surface area contributed by atoms with E-state index >= 15 is 0 Å². The molecule has 1 aromatic rings. The summed E-state index contributed by atoms with van der Waals surface area (Å²) in [6.45, 7) is 6.49. The summed E-state index contributed by atoms with van der Waals surface area (Å²) < 4.78 is 5.59. The van der Waals surface area contributed by atoms with Crippen molar-refractivity contribution in [3.8, 4) is 5.75 Å². The maximum absolute atomic E-state index is 12.1. The summed E-state index contributed by atoms with van der Waals surface area (Å²) in [5.41, 5.74) is 5.77. The van der Waals surface area contributed by atoms with Crippen molar-refractivity contribution in [2.45, 2.75) is 46.1 Å². The molecule has 5 nitrogen and oxygen atoms in total. The number of hydrogen-bond donors (Lipinski definition) is 2. The van der Waals surface area contributed by atoms with Gasteiger partial charge in [-0.2, -0.15) is 0 Å². The fourth-order valence-corrected chi connectivity index (χ4v) is 2.04. The zero-order valence-electron chi connectivity index (χ0n) is 13.6. The first kappa shape index (κ1) is 18.0. The molecule has 5 heteroatoms. The van der Waals surface area contributed by atoms with Crippen LogP contribution in [0.5, 0.6) is 5.75 Å². The Labute approximate surface area is 132 Å². The van der Waals surface area contributed by atoms with E-state index in [0.29, 0.717) is 12.2 Å². The van der Waals surface area contributed by atoms with Crippen molar-refractivity contribution in [3.63, 3.8) is 0 Å². The number of nitrogens with two attached hydrogens (primary N) is 1. The van der Waals surface area contributed by atoms with Gasteiger partial charge in [-0.05, 0) is 36.6 Å². The Morgan fingerprint density at radius 1 is 1.18 bits per heavy atom. The van der Waals surface area contributed by atoms with E-state index in [-0.39, 0.29) is 11.8 Å². The Kier molecular flexibility index (Phi) is 7.43. The van der Waals surface area contributed by atoms with Crippen molar-refractivity contribution in [2.24, 2.45) is 11.7 Å². The predicted octanol–water partition coefficient (Wildman–Crippen LogP) is 2.50. The van der Waals surface area contributed by atoms with Gasteiger partial charge in [0.25, 0.3) is 5.91 Å². The second kappa shape index (κ2) is 9.07. The quantitative estimate of drug-likeness (QED) is 0.688. The molecule has 2 amide bonds. The molecule has 1 unspecified atom stereocenters. The molecule has 0 saturated carbocycles. The molecule has 0 heterocycles. The lowest BCUT2D eigenvalue weighted by atomic mass is 10.0. The average Bonchev–Trinajstić information content (AvgIpc) is 2.49. The van der Waals surface area contributed by atoms with Crippen LogP contribution in [0.15, 0.2) is 24.3 Å². The van der Waals surface area contributed by atoms with Gasteiger partial charge in [0.1, 0.15) is 11.8 Å². The number of hydrogen-bond acceptors (Lipinski definition) is 3. The van der Waals surface area contributed by atoms with Gasteiger partial charge in [0.2, 0.25) is 5.91 Å². The lowest BCUT2D eigenvalue weighted by Gasteiger charge is -2.19. The zero-order chi connectivity index (χ0) is 16.5. The normalized spacial score (nSPS) is 12.0. The Morgan fingerprint density at radius 2 is 1.82 bits per heavy atom. The first-order chi connectivity index (χ1) is 10.5. The highest BCUT2D eigenvalue weighted by Gasteiger charge is 2.22.